The third-order valence-corrected chi connectivity index (χ3v) is 7.94. The number of alkyl halides is 2. The van der Waals surface area contributed by atoms with Gasteiger partial charge in [-0.05, 0) is 54.8 Å². The minimum atomic E-state index is -1.29. The van der Waals surface area contributed by atoms with Crippen molar-refractivity contribution in [3.05, 3.63) is 79.2 Å². The van der Waals surface area contributed by atoms with Crippen LogP contribution in [0.2, 0.25) is 15.1 Å². The molecule has 4 nitrogen and oxygen atoms in total. The number of thiazole rings is 1. The number of anilines is 1. The molecule has 1 aromatic heterocycles. The molecule has 3 aromatic rings. The van der Waals surface area contributed by atoms with Crippen molar-refractivity contribution in [1.82, 2.24) is 4.98 Å². The summed E-state index contributed by atoms with van der Waals surface area (Å²) in [6.07, 6.45) is 3.45. The molecule has 2 unspecified atom stereocenters. The van der Waals surface area contributed by atoms with Gasteiger partial charge in [0.25, 0.3) is 0 Å². The summed E-state index contributed by atoms with van der Waals surface area (Å²) in [6.45, 7) is 0. The number of Topliss-reactive ketones (excluding diaryl/α,β-unsaturated/α-hetero) is 1. The Morgan fingerprint density at radius 2 is 1.79 bits per heavy atom. The number of ketones is 1. The monoisotopic (exact) mass is 560 g/mol. The molecule has 4 rings (SSSR count). The predicted octanol–water partition coefficient (Wildman–Crippen LogP) is 7.83. The third kappa shape index (κ3) is 5.67. The van der Waals surface area contributed by atoms with Gasteiger partial charge in [-0.1, -0.05) is 34.8 Å². The lowest BCUT2D eigenvalue weighted by Gasteiger charge is -2.09. The highest BCUT2D eigenvalue weighted by Crippen LogP contribution is 2.65. The largest absolute Gasteiger partial charge is 0.326 e. The summed E-state index contributed by atoms with van der Waals surface area (Å²) >= 11 is 32.8. The summed E-state index contributed by atoms with van der Waals surface area (Å²) in [5, 5.41) is 6.88. The highest BCUT2D eigenvalue weighted by atomic mass is 35.5. The van der Waals surface area contributed by atoms with Gasteiger partial charge in [-0.2, -0.15) is 0 Å². The van der Waals surface area contributed by atoms with Crippen molar-refractivity contribution in [1.29, 1.82) is 0 Å². The first-order chi connectivity index (χ1) is 15.7. The highest BCUT2D eigenvalue weighted by Gasteiger charge is 2.67. The van der Waals surface area contributed by atoms with E-state index in [4.69, 9.17) is 58.0 Å². The lowest BCUT2D eigenvalue weighted by atomic mass is 10.0. The van der Waals surface area contributed by atoms with Crippen LogP contribution in [0, 0.1) is 5.92 Å². The van der Waals surface area contributed by atoms with Crippen molar-refractivity contribution in [2.45, 2.75) is 29.5 Å². The van der Waals surface area contributed by atoms with Gasteiger partial charge in [-0.15, -0.1) is 34.5 Å². The maximum absolute atomic E-state index is 12.9. The van der Waals surface area contributed by atoms with Crippen molar-refractivity contribution < 1.29 is 9.59 Å². The number of amides is 1. The zero-order chi connectivity index (χ0) is 23.8. The molecular formula is C23H17Cl5N2O2S. The number of nitrogens with zero attached hydrogens (tertiary/aromatic N) is 1. The molecule has 2 atom stereocenters. The van der Waals surface area contributed by atoms with Crippen molar-refractivity contribution >= 4 is 86.7 Å². The summed E-state index contributed by atoms with van der Waals surface area (Å²) in [5.74, 6) is -1.64. The van der Waals surface area contributed by atoms with Crippen LogP contribution in [0.3, 0.4) is 0 Å². The first kappa shape index (κ1) is 24.8. The lowest BCUT2D eigenvalue weighted by Crippen LogP contribution is -2.17. The second kappa shape index (κ2) is 10.1. The number of hydrogen-bond donors (Lipinski definition) is 1. The van der Waals surface area contributed by atoms with E-state index in [1.165, 1.54) is 0 Å². The molecule has 2 aromatic carbocycles. The quantitative estimate of drug-likeness (QED) is 0.225. The molecule has 0 spiro atoms. The fraction of sp³-hybridized carbons (Fsp3) is 0.261. The summed E-state index contributed by atoms with van der Waals surface area (Å²) in [6, 6.07) is 9.76. The van der Waals surface area contributed by atoms with Crippen LogP contribution in [0.25, 0.3) is 0 Å². The van der Waals surface area contributed by atoms with Crippen molar-refractivity contribution in [2.24, 2.45) is 5.92 Å². The number of halogens is 5. The van der Waals surface area contributed by atoms with Gasteiger partial charge >= 0.3 is 0 Å². The van der Waals surface area contributed by atoms with Gasteiger partial charge in [0.2, 0.25) is 5.91 Å². The van der Waals surface area contributed by atoms with E-state index in [0.29, 0.717) is 44.7 Å². The Hall–Kier alpha value is -1.34. The van der Waals surface area contributed by atoms with Gasteiger partial charge in [-0.3, -0.25) is 9.59 Å². The number of rotatable bonds is 8. The normalized spacial score (nSPS) is 18.7. The Labute approximate surface area is 220 Å². The van der Waals surface area contributed by atoms with Gasteiger partial charge in [0, 0.05) is 45.2 Å². The first-order valence-electron chi connectivity index (χ1n) is 10.0. The number of carbonyl (C=O) groups excluding carboxylic acids is 2. The molecular weight excluding hydrogens is 546 g/mol. The molecule has 1 aliphatic rings. The highest BCUT2D eigenvalue weighted by molar-refractivity contribution is 7.09. The fourth-order valence-electron chi connectivity index (χ4n) is 3.77. The first-order valence-corrected chi connectivity index (χ1v) is 12.8. The van der Waals surface area contributed by atoms with Crippen LogP contribution in [0.15, 0.2) is 48.0 Å². The Morgan fingerprint density at radius 3 is 2.45 bits per heavy atom. The maximum Gasteiger partial charge on any atom is 0.231 e. The van der Waals surface area contributed by atoms with Crippen LogP contribution in [0.5, 0.6) is 0 Å². The van der Waals surface area contributed by atoms with Crippen LogP contribution in [-0.4, -0.2) is 21.0 Å². The van der Waals surface area contributed by atoms with E-state index in [0.717, 1.165) is 11.4 Å². The molecule has 1 fully saturated rings. The Bertz CT molecular complexity index is 1180. The van der Waals surface area contributed by atoms with Crippen LogP contribution < -0.4 is 5.32 Å². The maximum atomic E-state index is 12.9. The van der Waals surface area contributed by atoms with Gasteiger partial charge in [-0.25, -0.2) is 4.98 Å². The SMILES string of the molecule is O=C(CCCc1nccs1)c1cc(NC(=O)C2C(c3cc(Cl)cc(Cl)c3)C2(Cl)Cl)ccc1Cl. The van der Waals surface area contributed by atoms with E-state index < -0.39 is 16.2 Å². The van der Waals surface area contributed by atoms with Crippen molar-refractivity contribution in [3.63, 3.8) is 0 Å². The van der Waals surface area contributed by atoms with E-state index >= 15 is 0 Å². The summed E-state index contributed by atoms with van der Waals surface area (Å²) in [4.78, 5) is 29.9. The molecule has 1 heterocycles. The minimum Gasteiger partial charge on any atom is -0.326 e. The van der Waals surface area contributed by atoms with E-state index in [1.807, 2.05) is 5.38 Å². The molecule has 1 saturated carbocycles. The topological polar surface area (TPSA) is 59.1 Å². The van der Waals surface area contributed by atoms with E-state index in [-0.39, 0.29) is 11.7 Å². The number of benzene rings is 2. The number of carbonyl (C=O) groups is 2. The van der Waals surface area contributed by atoms with Crippen molar-refractivity contribution in [3.8, 4) is 0 Å². The average Bonchev–Trinajstić information content (AvgIpc) is 3.06. The standard InChI is InChI=1S/C23H17Cl5N2O2S/c24-13-8-12(9-14(25)10-13)20-21(23(20,27)28)22(32)30-15-4-5-17(26)16(11-15)18(31)2-1-3-19-29-6-7-33-19/h4-11,20-21H,1-3H2,(H,30,32). The van der Waals surface area contributed by atoms with E-state index in [1.54, 1.807) is 53.9 Å². The molecule has 1 N–H and O–H groups in total. The third-order valence-electron chi connectivity index (χ3n) is 5.39. The molecule has 0 radical (unpaired) electrons. The smallest absolute Gasteiger partial charge is 0.231 e. The second-order valence-electron chi connectivity index (χ2n) is 7.72. The van der Waals surface area contributed by atoms with E-state index in [2.05, 4.69) is 10.3 Å². The van der Waals surface area contributed by atoms with Gasteiger partial charge in [0.05, 0.1) is 15.9 Å². The molecule has 33 heavy (non-hydrogen) atoms. The summed E-state index contributed by atoms with van der Waals surface area (Å²) in [5.41, 5.74) is 1.47. The zero-order valence-corrected chi connectivity index (χ0v) is 21.6. The average molecular weight is 563 g/mol. The van der Waals surface area contributed by atoms with Gasteiger partial charge in [0.15, 0.2) is 5.78 Å². The summed E-state index contributed by atoms with van der Waals surface area (Å²) in [7, 11) is 0. The molecule has 0 bridgehead atoms. The van der Waals surface area contributed by atoms with Gasteiger partial charge in [0.1, 0.15) is 4.33 Å². The molecule has 0 saturated heterocycles. The minimum absolute atomic E-state index is 0.102. The Morgan fingerprint density at radius 1 is 1.06 bits per heavy atom. The second-order valence-corrected chi connectivity index (χ2v) is 11.4. The van der Waals surface area contributed by atoms with E-state index in [9.17, 15) is 9.59 Å². The van der Waals surface area contributed by atoms with Crippen LogP contribution in [0.1, 0.15) is 39.7 Å². The van der Waals surface area contributed by atoms with Crippen LogP contribution >= 0.6 is 69.3 Å². The Kier molecular flexibility index (Phi) is 7.59. The number of aryl methyl sites for hydroxylation is 1. The van der Waals surface area contributed by atoms with Gasteiger partial charge < -0.3 is 5.32 Å². The molecule has 1 amide bonds. The number of nitrogens with one attached hydrogen (secondary N) is 1. The number of aromatic nitrogens is 1. The fourth-order valence-corrected chi connectivity index (χ4v) is 6.03. The molecule has 172 valence electrons. The predicted molar refractivity (Wildman–Crippen MR) is 137 cm³/mol. The Balaban J connectivity index is 1.43. The lowest BCUT2D eigenvalue weighted by molar-refractivity contribution is -0.117. The van der Waals surface area contributed by atoms with Crippen molar-refractivity contribution in [2.75, 3.05) is 5.32 Å². The van der Waals surface area contributed by atoms with Crippen LogP contribution in [-0.2, 0) is 11.2 Å². The molecule has 1 aliphatic carbocycles. The summed E-state index contributed by atoms with van der Waals surface area (Å²) < 4.78 is -1.29. The molecule has 10 heteroatoms. The number of hydrogen-bond acceptors (Lipinski definition) is 4. The zero-order valence-electron chi connectivity index (χ0n) is 17.0. The molecule has 0 aliphatic heterocycles. The van der Waals surface area contributed by atoms with Crippen LogP contribution in [0.4, 0.5) is 5.69 Å².